The van der Waals surface area contributed by atoms with Gasteiger partial charge in [0.1, 0.15) is 0 Å². The van der Waals surface area contributed by atoms with Crippen LogP contribution in [0.15, 0.2) is 18.2 Å². The van der Waals surface area contributed by atoms with Gasteiger partial charge < -0.3 is 0 Å². The van der Waals surface area contributed by atoms with Crippen LogP contribution in [0.5, 0.6) is 0 Å². The van der Waals surface area contributed by atoms with Crippen molar-refractivity contribution < 1.29 is 0 Å². The fraction of sp³-hybridized carbons (Fsp3) is 0.400. The number of halogens is 2. The molecule has 1 unspecified atom stereocenters. The molecule has 1 atom stereocenters. The lowest BCUT2D eigenvalue weighted by molar-refractivity contribution is 0.252. The summed E-state index contributed by atoms with van der Waals surface area (Å²) in [6.45, 7) is 2.07. The molecule has 1 rings (SSSR count). The van der Waals surface area contributed by atoms with Crippen molar-refractivity contribution in [3.63, 3.8) is 0 Å². The molecular formula is C10H14Cl2N2. The lowest BCUT2D eigenvalue weighted by Gasteiger charge is -2.19. The Morgan fingerprint density at radius 3 is 2.36 bits per heavy atom. The number of rotatable bonds is 3. The highest BCUT2D eigenvalue weighted by Crippen LogP contribution is 2.25. The Morgan fingerprint density at radius 1 is 1.21 bits per heavy atom. The minimum atomic E-state index is 0.222. The van der Waals surface area contributed by atoms with E-state index in [0.717, 1.165) is 5.56 Å². The van der Waals surface area contributed by atoms with Gasteiger partial charge in [0.25, 0.3) is 0 Å². The van der Waals surface area contributed by atoms with Gasteiger partial charge in [-0.2, -0.15) is 0 Å². The molecule has 0 aromatic heterocycles. The number of hydrazine groups is 1. The van der Waals surface area contributed by atoms with Crippen LogP contribution in [-0.4, -0.2) is 19.1 Å². The van der Waals surface area contributed by atoms with E-state index in [1.807, 2.05) is 37.3 Å². The summed E-state index contributed by atoms with van der Waals surface area (Å²) < 4.78 is 0. The van der Waals surface area contributed by atoms with E-state index >= 15 is 0 Å². The van der Waals surface area contributed by atoms with Gasteiger partial charge in [-0.05, 0) is 24.6 Å². The third kappa shape index (κ3) is 3.14. The van der Waals surface area contributed by atoms with E-state index in [9.17, 15) is 0 Å². The largest absolute Gasteiger partial charge is 0.250 e. The smallest absolute Gasteiger partial charge is 0.0595 e. The zero-order chi connectivity index (χ0) is 10.7. The lowest BCUT2D eigenvalue weighted by Crippen LogP contribution is -2.32. The Labute approximate surface area is 94.8 Å². The standard InChI is InChI=1S/C10H14Cl2N2/c1-7(13-14(2)3)8-4-5-9(11)10(12)6-8/h4-7,13H,1-3H3. The molecule has 14 heavy (non-hydrogen) atoms. The highest BCUT2D eigenvalue weighted by Gasteiger charge is 2.07. The molecule has 0 amide bonds. The first kappa shape index (κ1) is 11.8. The molecule has 1 aromatic rings. The van der Waals surface area contributed by atoms with E-state index in [4.69, 9.17) is 23.2 Å². The minimum absolute atomic E-state index is 0.222. The fourth-order valence-corrected chi connectivity index (χ4v) is 1.55. The molecule has 78 valence electrons. The molecule has 0 aliphatic rings. The molecule has 2 nitrogen and oxygen atoms in total. The van der Waals surface area contributed by atoms with Crippen molar-refractivity contribution in [3.05, 3.63) is 33.8 Å². The third-order valence-electron chi connectivity index (χ3n) is 1.90. The second-order valence-electron chi connectivity index (χ2n) is 3.42. The molecule has 0 radical (unpaired) electrons. The van der Waals surface area contributed by atoms with Gasteiger partial charge in [-0.15, -0.1) is 0 Å². The van der Waals surface area contributed by atoms with Crippen molar-refractivity contribution in [2.75, 3.05) is 14.1 Å². The molecule has 0 heterocycles. The van der Waals surface area contributed by atoms with E-state index < -0.39 is 0 Å². The summed E-state index contributed by atoms with van der Waals surface area (Å²) in [5, 5.41) is 3.09. The average Bonchev–Trinajstić information content (AvgIpc) is 2.08. The van der Waals surface area contributed by atoms with Gasteiger partial charge in [0.2, 0.25) is 0 Å². The van der Waals surface area contributed by atoms with Crippen LogP contribution < -0.4 is 5.43 Å². The zero-order valence-corrected chi connectivity index (χ0v) is 10.0. The summed E-state index contributed by atoms with van der Waals surface area (Å²) >= 11 is 11.7. The molecule has 4 heteroatoms. The highest BCUT2D eigenvalue weighted by atomic mass is 35.5. The van der Waals surface area contributed by atoms with Crippen LogP contribution in [-0.2, 0) is 0 Å². The summed E-state index contributed by atoms with van der Waals surface area (Å²) in [4.78, 5) is 0. The normalized spacial score (nSPS) is 13.3. The van der Waals surface area contributed by atoms with Crippen molar-refractivity contribution in [3.8, 4) is 0 Å². The van der Waals surface area contributed by atoms with Crippen molar-refractivity contribution >= 4 is 23.2 Å². The van der Waals surface area contributed by atoms with Crippen LogP contribution in [0.1, 0.15) is 18.5 Å². The minimum Gasteiger partial charge on any atom is -0.250 e. The van der Waals surface area contributed by atoms with Crippen molar-refractivity contribution in [1.82, 2.24) is 10.4 Å². The second-order valence-corrected chi connectivity index (χ2v) is 4.23. The Hall–Kier alpha value is -0.280. The van der Waals surface area contributed by atoms with Gasteiger partial charge in [-0.3, -0.25) is 5.01 Å². The predicted octanol–water partition coefficient (Wildman–Crippen LogP) is 3.12. The quantitative estimate of drug-likeness (QED) is 0.807. The average molecular weight is 233 g/mol. The highest BCUT2D eigenvalue weighted by molar-refractivity contribution is 6.42. The Bertz CT molecular complexity index is 313. The van der Waals surface area contributed by atoms with Crippen molar-refractivity contribution in [2.45, 2.75) is 13.0 Å². The molecule has 0 bridgehead atoms. The lowest BCUT2D eigenvalue weighted by atomic mass is 10.1. The number of nitrogens with zero attached hydrogens (tertiary/aromatic N) is 1. The number of hydrogen-bond donors (Lipinski definition) is 1. The summed E-state index contributed by atoms with van der Waals surface area (Å²) in [6.07, 6.45) is 0. The number of nitrogens with one attached hydrogen (secondary N) is 1. The van der Waals surface area contributed by atoms with E-state index in [2.05, 4.69) is 12.3 Å². The molecular weight excluding hydrogens is 219 g/mol. The molecule has 0 saturated heterocycles. The van der Waals surface area contributed by atoms with Crippen LogP contribution in [0, 0.1) is 0 Å². The van der Waals surface area contributed by atoms with E-state index in [-0.39, 0.29) is 6.04 Å². The van der Waals surface area contributed by atoms with Crippen LogP contribution in [0.3, 0.4) is 0 Å². The maximum absolute atomic E-state index is 5.92. The molecule has 1 aromatic carbocycles. The van der Waals surface area contributed by atoms with Crippen LogP contribution in [0.2, 0.25) is 10.0 Å². The molecule has 1 N–H and O–H groups in total. The number of benzene rings is 1. The summed E-state index contributed by atoms with van der Waals surface area (Å²) in [7, 11) is 3.90. The summed E-state index contributed by atoms with van der Waals surface area (Å²) in [5.74, 6) is 0. The van der Waals surface area contributed by atoms with Gasteiger partial charge in [-0.1, -0.05) is 29.3 Å². The Kier molecular flexibility index (Phi) is 4.20. The van der Waals surface area contributed by atoms with Crippen LogP contribution in [0.4, 0.5) is 0 Å². The first-order valence-corrected chi connectivity index (χ1v) is 5.14. The topological polar surface area (TPSA) is 15.3 Å². The van der Waals surface area contributed by atoms with Gasteiger partial charge in [0.15, 0.2) is 0 Å². The van der Waals surface area contributed by atoms with Gasteiger partial charge >= 0.3 is 0 Å². The van der Waals surface area contributed by atoms with Gasteiger partial charge in [0.05, 0.1) is 10.0 Å². The van der Waals surface area contributed by atoms with Crippen molar-refractivity contribution in [2.24, 2.45) is 0 Å². The van der Waals surface area contributed by atoms with Gasteiger partial charge in [0, 0.05) is 20.1 Å². The second kappa shape index (κ2) is 4.99. The molecule has 0 spiro atoms. The fourth-order valence-electron chi connectivity index (χ4n) is 1.24. The summed E-state index contributed by atoms with van der Waals surface area (Å²) in [5.41, 5.74) is 4.36. The Morgan fingerprint density at radius 2 is 1.86 bits per heavy atom. The van der Waals surface area contributed by atoms with Crippen molar-refractivity contribution in [1.29, 1.82) is 0 Å². The van der Waals surface area contributed by atoms with E-state index in [1.54, 1.807) is 0 Å². The maximum atomic E-state index is 5.92. The van der Waals surface area contributed by atoms with E-state index in [0.29, 0.717) is 10.0 Å². The Balaban J connectivity index is 2.80. The first-order valence-electron chi connectivity index (χ1n) is 4.39. The molecule has 0 fully saturated rings. The SMILES string of the molecule is CC(NN(C)C)c1ccc(Cl)c(Cl)c1. The zero-order valence-electron chi connectivity index (χ0n) is 8.51. The summed E-state index contributed by atoms with van der Waals surface area (Å²) in [6, 6.07) is 5.88. The van der Waals surface area contributed by atoms with E-state index in [1.165, 1.54) is 0 Å². The monoisotopic (exact) mass is 232 g/mol. The van der Waals surface area contributed by atoms with Gasteiger partial charge in [-0.25, -0.2) is 5.43 Å². The first-order chi connectivity index (χ1) is 6.50. The van der Waals surface area contributed by atoms with Crippen LogP contribution in [0.25, 0.3) is 0 Å². The molecule has 0 aliphatic heterocycles. The third-order valence-corrected chi connectivity index (χ3v) is 2.63. The molecule has 0 saturated carbocycles. The predicted molar refractivity (Wildman–Crippen MR) is 61.7 cm³/mol. The number of hydrogen-bond acceptors (Lipinski definition) is 2. The maximum Gasteiger partial charge on any atom is 0.0595 e. The molecule has 0 aliphatic carbocycles. The van der Waals surface area contributed by atoms with Crippen LogP contribution >= 0.6 is 23.2 Å².